The Labute approximate surface area is 172 Å². The fourth-order valence-corrected chi connectivity index (χ4v) is 3.78. The average Bonchev–Trinajstić information content (AvgIpc) is 2.82. The lowest BCUT2D eigenvalue weighted by Gasteiger charge is -2.07. The molecule has 0 aliphatic heterocycles. The number of pyridine rings is 1. The summed E-state index contributed by atoms with van der Waals surface area (Å²) in [6, 6.07) is 24.9. The van der Waals surface area contributed by atoms with Crippen LogP contribution in [0.3, 0.4) is 0 Å². The van der Waals surface area contributed by atoms with E-state index in [1.807, 2.05) is 30.5 Å². The summed E-state index contributed by atoms with van der Waals surface area (Å²) in [6.07, 6.45) is 5.34. The van der Waals surface area contributed by atoms with Crippen molar-refractivity contribution in [2.75, 3.05) is 0 Å². The van der Waals surface area contributed by atoms with Gasteiger partial charge < -0.3 is 0 Å². The largest absolute Gasteiger partial charge is 0.256 e. The van der Waals surface area contributed by atoms with Crippen LogP contribution in [0.1, 0.15) is 0 Å². The highest BCUT2D eigenvalue weighted by Gasteiger charge is 2.07. The molecule has 0 saturated heterocycles. The van der Waals surface area contributed by atoms with Gasteiger partial charge in [-0.05, 0) is 53.6 Å². The fourth-order valence-electron chi connectivity index (χ4n) is 3.78. The second-order valence-corrected chi connectivity index (χ2v) is 7.25. The van der Waals surface area contributed by atoms with E-state index in [0.717, 1.165) is 55.0 Å². The molecule has 0 radical (unpaired) electrons. The van der Waals surface area contributed by atoms with E-state index in [1.165, 1.54) is 0 Å². The Morgan fingerprint density at radius 2 is 1.23 bits per heavy atom. The van der Waals surface area contributed by atoms with Gasteiger partial charge in [-0.25, -0.2) is 0 Å². The van der Waals surface area contributed by atoms with E-state index >= 15 is 0 Å². The van der Waals surface area contributed by atoms with Crippen molar-refractivity contribution in [2.24, 2.45) is 0 Å². The summed E-state index contributed by atoms with van der Waals surface area (Å²) in [6.45, 7) is 0. The van der Waals surface area contributed by atoms with Crippen molar-refractivity contribution < 1.29 is 0 Å². The van der Waals surface area contributed by atoms with Gasteiger partial charge in [0.1, 0.15) is 0 Å². The lowest BCUT2D eigenvalue weighted by Crippen LogP contribution is -1.90. The molecule has 6 rings (SSSR count). The van der Waals surface area contributed by atoms with Crippen LogP contribution in [0.15, 0.2) is 91.4 Å². The van der Waals surface area contributed by atoms with E-state index in [1.54, 1.807) is 12.4 Å². The maximum Gasteiger partial charge on any atom is 0.0936 e. The monoisotopic (exact) mass is 385 g/mol. The first-order valence-electron chi connectivity index (χ1n) is 9.67. The average molecular weight is 385 g/mol. The van der Waals surface area contributed by atoms with E-state index in [4.69, 9.17) is 0 Å². The third kappa shape index (κ3) is 2.84. The summed E-state index contributed by atoms with van der Waals surface area (Å²) in [7, 11) is 0. The van der Waals surface area contributed by atoms with Crippen molar-refractivity contribution in [3.63, 3.8) is 0 Å². The number of hydrogen-bond acceptors (Lipinski definition) is 5. The Balaban J connectivity index is 1.46. The zero-order valence-electron chi connectivity index (χ0n) is 15.9. The van der Waals surface area contributed by atoms with E-state index in [-0.39, 0.29) is 0 Å². The lowest BCUT2D eigenvalue weighted by molar-refractivity contribution is 1.05. The molecule has 30 heavy (non-hydrogen) atoms. The Hall–Kier alpha value is -4.25. The van der Waals surface area contributed by atoms with Crippen molar-refractivity contribution in [3.8, 4) is 22.4 Å². The molecule has 6 aromatic rings. The fraction of sp³-hybridized carbons (Fsp3) is 0. The molecular weight excluding hydrogens is 370 g/mol. The van der Waals surface area contributed by atoms with Crippen molar-refractivity contribution in [1.29, 1.82) is 0 Å². The summed E-state index contributed by atoms with van der Waals surface area (Å²) in [5, 5.41) is 21.0. The van der Waals surface area contributed by atoms with Crippen LogP contribution >= 0.6 is 0 Å². The first kappa shape index (κ1) is 16.7. The molecule has 0 bridgehead atoms. The summed E-state index contributed by atoms with van der Waals surface area (Å²) < 4.78 is 0. The molecule has 0 saturated carbocycles. The van der Waals surface area contributed by atoms with Crippen molar-refractivity contribution >= 4 is 32.6 Å². The molecule has 0 aliphatic carbocycles. The molecule has 3 heterocycles. The minimum absolute atomic E-state index is 0.834. The molecular formula is C25H15N5. The smallest absolute Gasteiger partial charge is 0.0936 e. The third-order valence-electron chi connectivity index (χ3n) is 5.36. The predicted molar refractivity (Wildman–Crippen MR) is 119 cm³/mol. The Kier molecular flexibility index (Phi) is 3.71. The minimum atomic E-state index is 0.834. The van der Waals surface area contributed by atoms with Gasteiger partial charge in [-0.2, -0.15) is 10.2 Å². The lowest BCUT2D eigenvalue weighted by atomic mass is 10.0. The summed E-state index contributed by atoms with van der Waals surface area (Å²) in [5.74, 6) is 0. The molecule has 5 nitrogen and oxygen atoms in total. The van der Waals surface area contributed by atoms with Gasteiger partial charge >= 0.3 is 0 Å². The Bertz CT molecular complexity index is 1440. The molecule has 0 spiro atoms. The highest BCUT2D eigenvalue weighted by molar-refractivity contribution is 5.91. The van der Waals surface area contributed by atoms with Gasteiger partial charge in [-0.15, -0.1) is 10.2 Å². The van der Waals surface area contributed by atoms with Gasteiger partial charge in [-0.3, -0.25) is 4.98 Å². The highest BCUT2D eigenvalue weighted by Crippen LogP contribution is 2.28. The number of hydrogen-bond donors (Lipinski definition) is 0. The van der Waals surface area contributed by atoms with Gasteiger partial charge in [0.2, 0.25) is 0 Å². The maximum absolute atomic E-state index is 4.43. The van der Waals surface area contributed by atoms with Crippen LogP contribution in [-0.2, 0) is 0 Å². The summed E-state index contributed by atoms with van der Waals surface area (Å²) >= 11 is 0. The molecule has 140 valence electrons. The molecule has 0 atom stereocenters. The van der Waals surface area contributed by atoms with Crippen LogP contribution in [0.5, 0.6) is 0 Å². The third-order valence-corrected chi connectivity index (χ3v) is 5.36. The van der Waals surface area contributed by atoms with E-state index < -0.39 is 0 Å². The van der Waals surface area contributed by atoms with E-state index in [2.05, 4.69) is 73.9 Å². The normalized spacial score (nSPS) is 11.3. The highest BCUT2D eigenvalue weighted by atomic mass is 15.1. The van der Waals surface area contributed by atoms with Gasteiger partial charge in [0.25, 0.3) is 0 Å². The Morgan fingerprint density at radius 1 is 0.500 bits per heavy atom. The van der Waals surface area contributed by atoms with Gasteiger partial charge in [0.05, 0.1) is 29.1 Å². The first-order valence-corrected chi connectivity index (χ1v) is 9.67. The van der Waals surface area contributed by atoms with Crippen molar-refractivity contribution in [1.82, 2.24) is 25.4 Å². The second kappa shape index (κ2) is 6.67. The predicted octanol–water partition coefficient (Wildman–Crippen LogP) is 5.46. The number of benzene rings is 3. The van der Waals surface area contributed by atoms with Crippen LogP contribution < -0.4 is 0 Å². The molecule has 0 amide bonds. The minimum Gasteiger partial charge on any atom is -0.256 e. The quantitative estimate of drug-likeness (QED) is 0.396. The molecule has 0 N–H and O–H groups in total. The maximum atomic E-state index is 4.43. The molecule has 3 aromatic heterocycles. The van der Waals surface area contributed by atoms with Crippen LogP contribution in [0.25, 0.3) is 55.0 Å². The van der Waals surface area contributed by atoms with Gasteiger partial charge in [0.15, 0.2) is 0 Å². The molecule has 0 fully saturated rings. The standard InChI is InChI=1S/C25H15N5/c1-2-18-10-16(5-7-23(18)26-9-1)17-6-8-24-21(11-17)13-25(30-29-24)19-3-4-20-14-27-28-15-22(20)12-19/h1-15H. The molecule has 5 heteroatoms. The SMILES string of the molecule is c1cnc2ccc(-c3ccc4nnc(-c5ccc6cnncc6c5)cc4c3)cc2c1. The van der Waals surface area contributed by atoms with Crippen molar-refractivity contribution in [3.05, 3.63) is 91.4 Å². The number of aromatic nitrogens is 5. The topological polar surface area (TPSA) is 64.5 Å². The van der Waals surface area contributed by atoms with Gasteiger partial charge in [0, 0.05) is 33.3 Å². The van der Waals surface area contributed by atoms with Crippen LogP contribution in [0.2, 0.25) is 0 Å². The molecule has 0 aliphatic rings. The first-order chi connectivity index (χ1) is 14.8. The van der Waals surface area contributed by atoms with E-state index in [9.17, 15) is 0 Å². The molecule has 0 unspecified atom stereocenters. The number of rotatable bonds is 2. The zero-order chi connectivity index (χ0) is 19.9. The van der Waals surface area contributed by atoms with Crippen LogP contribution in [0, 0.1) is 0 Å². The van der Waals surface area contributed by atoms with Gasteiger partial charge in [-0.1, -0.05) is 30.3 Å². The Morgan fingerprint density at radius 3 is 2.13 bits per heavy atom. The second-order valence-electron chi connectivity index (χ2n) is 7.25. The van der Waals surface area contributed by atoms with Crippen molar-refractivity contribution in [2.45, 2.75) is 0 Å². The zero-order valence-corrected chi connectivity index (χ0v) is 15.9. The number of fused-ring (bicyclic) bond motifs is 3. The van der Waals surface area contributed by atoms with Crippen LogP contribution in [-0.4, -0.2) is 25.4 Å². The molecule has 3 aromatic carbocycles. The van der Waals surface area contributed by atoms with Crippen LogP contribution in [0.4, 0.5) is 0 Å². The summed E-state index contributed by atoms with van der Waals surface area (Å²) in [4.78, 5) is 4.41. The summed E-state index contributed by atoms with van der Waals surface area (Å²) in [5.41, 5.74) is 6.00. The van der Waals surface area contributed by atoms with E-state index in [0.29, 0.717) is 0 Å². The number of nitrogens with zero attached hydrogens (tertiary/aromatic N) is 5.